The molecule has 0 bridgehead atoms. The molecule has 0 saturated carbocycles. The first-order chi connectivity index (χ1) is 8.70. The third-order valence-corrected chi connectivity index (χ3v) is 4.14. The van der Waals surface area contributed by atoms with Gasteiger partial charge in [-0.1, -0.05) is 0 Å². The van der Waals surface area contributed by atoms with Crippen molar-refractivity contribution in [1.82, 2.24) is 5.32 Å². The number of methoxy groups -OCH3 is 1. The van der Waals surface area contributed by atoms with Crippen LogP contribution in [0.3, 0.4) is 0 Å². The number of rotatable bonds is 4. The summed E-state index contributed by atoms with van der Waals surface area (Å²) < 4.78 is 10.6. The molecule has 5 heteroatoms. The average molecular weight is 269 g/mol. The molecule has 0 aromatic carbocycles. The van der Waals surface area contributed by atoms with E-state index in [1.54, 1.807) is 0 Å². The number of carbonyl (C=O) groups excluding carboxylic acids is 1. The Bertz CT molecular complexity index is 410. The minimum atomic E-state index is -0.312. The molecule has 0 unspecified atom stereocenters. The van der Waals surface area contributed by atoms with Gasteiger partial charge in [0.1, 0.15) is 5.75 Å². The maximum atomic E-state index is 11.6. The Kier molecular flexibility index (Phi) is 4.60. The molecule has 1 saturated heterocycles. The van der Waals surface area contributed by atoms with Crippen molar-refractivity contribution >= 4 is 17.3 Å². The lowest BCUT2D eigenvalue weighted by atomic mass is 9.99. The Labute approximate surface area is 111 Å². The van der Waals surface area contributed by atoms with Gasteiger partial charge in [0.2, 0.25) is 0 Å². The summed E-state index contributed by atoms with van der Waals surface area (Å²) in [6, 6.07) is 1.91. The van der Waals surface area contributed by atoms with E-state index < -0.39 is 0 Å². The summed E-state index contributed by atoms with van der Waals surface area (Å²) in [6.45, 7) is 4.76. The van der Waals surface area contributed by atoms with Gasteiger partial charge in [-0.05, 0) is 44.8 Å². The average Bonchev–Trinajstić information content (AvgIpc) is 2.78. The zero-order valence-corrected chi connectivity index (χ0v) is 11.6. The number of esters is 1. The molecule has 2 heterocycles. The molecule has 0 amide bonds. The molecular weight excluding hydrogens is 250 g/mol. The SMILES string of the molecule is COC(=O)c1sc(C)cc1OCC1CCNCC1. The molecular formula is C13H19NO3S. The number of ether oxygens (including phenoxy) is 2. The fraction of sp³-hybridized carbons (Fsp3) is 0.615. The summed E-state index contributed by atoms with van der Waals surface area (Å²) in [5.74, 6) is 0.938. The number of hydrogen-bond donors (Lipinski definition) is 1. The van der Waals surface area contributed by atoms with E-state index in [-0.39, 0.29) is 5.97 Å². The van der Waals surface area contributed by atoms with E-state index in [0.717, 1.165) is 30.8 Å². The van der Waals surface area contributed by atoms with Crippen LogP contribution in [0.5, 0.6) is 5.75 Å². The molecule has 0 spiro atoms. The number of nitrogens with one attached hydrogen (secondary N) is 1. The van der Waals surface area contributed by atoms with Crippen molar-refractivity contribution in [2.24, 2.45) is 5.92 Å². The maximum Gasteiger partial charge on any atom is 0.351 e. The van der Waals surface area contributed by atoms with Crippen LogP contribution in [-0.4, -0.2) is 32.8 Å². The Hall–Kier alpha value is -1.07. The lowest BCUT2D eigenvalue weighted by Crippen LogP contribution is -2.30. The molecule has 1 aliphatic heterocycles. The Morgan fingerprint density at radius 2 is 2.22 bits per heavy atom. The molecule has 18 heavy (non-hydrogen) atoms. The highest BCUT2D eigenvalue weighted by Gasteiger charge is 2.19. The van der Waals surface area contributed by atoms with Gasteiger partial charge in [0.05, 0.1) is 13.7 Å². The quantitative estimate of drug-likeness (QED) is 0.851. The number of hydrogen-bond acceptors (Lipinski definition) is 5. The van der Waals surface area contributed by atoms with Gasteiger partial charge in [0, 0.05) is 4.88 Å². The second-order valence-electron chi connectivity index (χ2n) is 4.55. The first-order valence-corrected chi connectivity index (χ1v) is 7.04. The predicted octanol–water partition coefficient (Wildman–Crippen LogP) is 2.22. The topological polar surface area (TPSA) is 47.6 Å². The van der Waals surface area contributed by atoms with Crippen molar-refractivity contribution in [2.75, 3.05) is 26.8 Å². The second kappa shape index (κ2) is 6.20. The van der Waals surface area contributed by atoms with Crippen LogP contribution in [0.4, 0.5) is 0 Å². The highest BCUT2D eigenvalue weighted by atomic mass is 32.1. The third-order valence-electron chi connectivity index (χ3n) is 3.13. The standard InChI is InChI=1S/C13H19NO3S/c1-9-7-11(12(18-9)13(15)16-2)17-8-10-3-5-14-6-4-10/h7,10,14H,3-6,8H2,1-2H3. The Balaban J connectivity index is 1.97. The van der Waals surface area contributed by atoms with E-state index in [4.69, 9.17) is 9.47 Å². The summed E-state index contributed by atoms with van der Waals surface area (Å²) in [5, 5.41) is 3.33. The second-order valence-corrected chi connectivity index (χ2v) is 5.80. The monoisotopic (exact) mass is 269 g/mol. The number of aryl methyl sites for hydroxylation is 1. The molecule has 4 nitrogen and oxygen atoms in total. The van der Waals surface area contributed by atoms with E-state index in [0.29, 0.717) is 23.2 Å². The van der Waals surface area contributed by atoms with Crippen molar-refractivity contribution in [2.45, 2.75) is 19.8 Å². The Morgan fingerprint density at radius 1 is 1.50 bits per heavy atom. The van der Waals surface area contributed by atoms with Crippen LogP contribution in [0.15, 0.2) is 6.07 Å². The van der Waals surface area contributed by atoms with Gasteiger partial charge in [0.25, 0.3) is 0 Å². The van der Waals surface area contributed by atoms with E-state index in [1.165, 1.54) is 18.4 Å². The van der Waals surface area contributed by atoms with Gasteiger partial charge >= 0.3 is 5.97 Å². The molecule has 100 valence electrons. The van der Waals surface area contributed by atoms with Crippen molar-refractivity contribution in [1.29, 1.82) is 0 Å². The van der Waals surface area contributed by atoms with Crippen LogP contribution in [0.2, 0.25) is 0 Å². The normalized spacial score (nSPS) is 16.6. The lowest BCUT2D eigenvalue weighted by molar-refractivity contribution is 0.0601. The van der Waals surface area contributed by atoms with E-state index >= 15 is 0 Å². The van der Waals surface area contributed by atoms with E-state index in [1.807, 2.05) is 13.0 Å². The Morgan fingerprint density at radius 3 is 2.89 bits per heavy atom. The highest BCUT2D eigenvalue weighted by molar-refractivity contribution is 7.14. The van der Waals surface area contributed by atoms with E-state index in [2.05, 4.69) is 5.32 Å². The molecule has 1 aliphatic rings. The summed E-state index contributed by atoms with van der Waals surface area (Å²) in [6.07, 6.45) is 2.27. The van der Waals surface area contributed by atoms with Crippen molar-refractivity contribution in [3.8, 4) is 5.75 Å². The molecule has 0 aliphatic carbocycles. The van der Waals surface area contributed by atoms with Crippen LogP contribution < -0.4 is 10.1 Å². The zero-order chi connectivity index (χ0) is 13.0. The summed E-state index contributed by atoms with van der Waals surface area (Å²) >= 11 is 1.42. The van der Waals surface area contributed by atoms with Crippen LogP contribution in [0.1, 0.15) is 27.4 Å². The van der Waals surface area contributed by atoms with Crippen molar-refractivity contribution < 1.29 is 14.3 Å². The van der Waals surface area contributed by atoms with Crippen LogP contribution >= 0.6 is 11.3 Å². The minimum Gasteiger partial charge on any atom is -0.491 e. The van der Waals surface area contributed by atoms with Crippen LogP contribution in [-0.2, 0) is 4.74 Å². The largest absolute Gasteiger partial charge is 0.491 e. The zero-order valence-electron chi connectivity index (χ0n) is 10.8. The third kappa shape index (κ3) is 3.23. The molecule has 1 fully saturated rings. The van der Waals surface area contributed by atoms with Crippen molar-refractivity contribution in [3.05, 3.63) is 15.8 Å². The van der Waals surface area contributed by atoms with Crippen LogP contribution in [0.25, 0.3) is 0 Å². The van der Waals surface area contributed by atoms with Crippen LogP contribution in [0, 0.1) is 12.8 Å². The highest BCUT2D eigenvalue weighted by Crippen LogP contribution is 2.30. The minimum absolute atomic E-state index is 0.312. The fourth-order valence-corrected chi connectivity index (χ4v) is 2.96. The molecule has 0 radical (unpaired) electrons. The van der Waals surface area contributed by atoms with Crippen molar-refractivity contribution in [3.63, 3.8) is 0 Å². The number of thiophene rings is 1. The lowest BCUT2D eigenvalue weighted by Gasteiger charge is -2.22. The fourth-order valence-electron chi connectivity index (χ4n) is 2.09. The number of carbonyl (C=O) groups is 1. The number of piperidine rings is 1. The van der Waals surface area contributed by atoms with Gasteiger partial charge in [0.15, 0.2) is 4.88 Å². The van der Waals surface area contributed by atoms with E-state index in [9.17, 15) is 4.79 Å². The van der Waals surface area contributed by atoms with Gasteiger partial charge in [-0.15, -0.1) is 11.3 Å². The smallest absolute Gasteiger partial charge is 0.351 e. The first kappa shape index (κ1) is 13.4. The molecule has 0 atom stereocenters. The molecule has 1 aromatic rings. The molecule has 1 aromatic heterocycles. The summed E-state index contributed by atoms with van der Waals surface area (Å²) in [4.78, 5) is 13.2. The molecule has 1 N–H and O–H groups in total. The molecule has 2 rings (SSSR count). The van der Waals surface area contributed by atoms with Gasteiger partial charge < -0.3 is 14.8 Å². The summed E-state index contributed by atoms with van der Waals surface area (Å²) in [7, 11) is 1.40. The predicted molar refractivity (Wildman–Crippen MR) is 71.5 cm³/mol. The van der Waals surface area contributed by atoms with Gasteiger partial charge in [-0.2, -0.15) is 0 Å². The van der Waals surface area contributed by atoms with Gasteiger partial charge in [-0.3, -0.25) is 0 Å². The maximum absolute atomic E-state index is 11.6. The summed E-state index contributed by atoms with van der Waals surface area (Å²) in [5.41, 5.74) is 0. The first-order valence-electron chi connectivity index (χ1n) is 6.23. The van der Waals surface area contributed by atoms with Gasteiger partial charge in [-0.25, -0.2) is 4.79 Å².